The first-order valence-corrected chi connectivity index (χ1v) is 8.52. The molecule has 0 amide bonds. The highest BCUT2D eigenvalue weighted by atomic mass is 35.5. The largest absolute Gasteiger partial charge is 0.491 e. The Balaban J connectivity index is 2.57. The van der Waals surface area contributed by atoms with E-state index in [9.17, 15) is 4.79 Å². The molecule has 1 aromatic carbocycles. The van der Waals surface area contributed by atoms with Gasteiger partial charge in [0.1, 0.15) is 22.1 Å². The van der Waals surface area contributed by atoms with E-state index in [4.69, 9.17) is 52.2 Å². The van der Waals surface area contributed by atoms with E-state index in [-0.39, 0.29) is 32.9 Å². The molecule has 0 bridgehead atoms. The molecule has 0 atom stereocenters. The van der Waals surface area contributed by atoms with Crippen LogP contribution >= 0.6 is 23.2 Å². The number of rotatable bonds is 7. The summed E-state index contributed by atoms with van der Waals surface area (Å²) in [4.78, 5) is 12.5. The number of ether oxygens (including phenoxy) is 4. The van der Waals surface area contributed by atoms with E-state index < -0.39 is 25.4 Å². The van der Waals surface area contributed by atoms with Gasteiger partial charge in [-0.3, -0.25) is 0 Å². The van der Waals surface area contributed by atoms with E-state index in [1.54, 1.807) is 13.8 Å². The third-order valence-corrected chi connectivity index (χ3v) is 4.08. The number of fused-ring (bicyclic) bond motifs is 1. The Labute approximate surface area is 155 Å². The van der Waals surface area contributed by atoms with E-state index in [1.807, 2.05) is 6.92 Å². The monoisotopic (exact) mass is 392 g/mol. The maximum Gasteiger partial charge on any atom is 0.491 e. The Bertz CT molecular complexity index is 664. The Morgan fingerprint density at radius 3 is 2.36 bits per heavy atom. The fraction of sp³-hybridized carbons (Fsp3) is 0.533. The van der Waals surface area contributed by atoms with Gasteiger partial charge in [0, 0.05) is 13.8 Å². The number of unbranched alkanes of at least 4 members (excludes halogenated alkanes) is 1. The summed E-state index contributed by atoms with van der Waals surface area (Å²) in [6.07, 6.45) is 1.64. The quantitative estimate of drug-likeness (QED) is 0.418. The summed E-state index contributed by atoms with van der Waals surface area (Å²) in [6, 6.07) is 0. The predicted octanol–water partition coefficient (Wildman–Crippen LogP) is 2.85. The summed E-state index contributed by atoms with van der Waals surface area (Å²) < 4.78 is 21.8. The molecule has 25 heavy (non-hydrogen) atoms. The lowest BCUT2D eigenvalue weighted by Gasteiger charge is -2.34. The summed E-state index contributed by atoms with van der Waals surface area (Å²) in [6.45, 7) is 4.91. The van der Waals surface area contributed by atoms with Crippen molar-refractivity contribution in [3.63, 3.8) is 0 Å². The normalized spacial score (nSPS) is 15.1. The predicted molar refractivity (Wildman–Crippen MR) is 92.7 cm³/mol. The molecule has 0 aromatic heterocycles. The summed E-state index contributed by atoms with van der Waals surface area (Å²) in [5.41, 5.74) is -0.0488. The van der Waals surface area contributed by atoms with Crippen LogP contribution in [0.4, 0.5) is 0 Å². The van der Waals surface area contributed by atoms with Crippen LogP contribution in [0.1, 0.15) is 44.0 Å². The number of cyclic esters (lactones) is 1. The number of benzene rings is 1. The molecule has 0 aliphatic carbocycles. The third-order valence-electron chi connectivity index (χ3n) is 3.26. The molecule has 138 valence electrons. The van der Waals surface area contributed by atoms with Crippen molar-refractivity contribution in [3.05, 3.63) is 15.6 Å². The second-order valence-electron chi connectivity index (χ2n) is 5.88. The first kappa shape index (κ1) is 20.0. The molecule has 1 aliphatic rings. The zero-order valence-electron chi connectivity index (χ0n) is 14.1. The van der Waals surface area contributed by atoms with Crippen molar-refractivity contribution in [2.24, 2.45) is 0 Å². The van der Waals surface area contributed by atoms with Gasteiger partial charge in [-0.05, 0) is 6.42 Å². The molecule has 1 aliphatic heterocycles. The van der Waals surface area contributed by atoms with Crippen molar-refractivity contribution in [2.45, 2.75) is 39.4 Å². The number of carbonyl (C=O) groups is 1. The van der Waals surface area contributed by atoms with Crippen LogP contribution < -0.4 is 14.2 Å². The smallest absolute Gasteiger partial charge is 0.491 e. The highest BCUT2D eigenvalue weighted by Gasteiger charge is 2.41. The number of hydrogen-bond acceptors (Lipinski definition) is 7. The fourth-order valence-electron chi connectivity index (χ4n) is 2.19. The van der Waals surface area contributed by atoms with E-state index in [0.29, 0.717) is 6.61 Å². The van der Waals surface area contributed by atoms with Gasteiger partial charge in [-0.2, -0.15) is 0 Å². The SMILES string of the molecule is CCCCOc1c(Cl)c(Cl)c(OCB(O)O)c2c1C(=O)OC(C)(C)O2. The van der Waals surface area contributed by atoms with Crippen molar-refractivity contribution in [3.8, 4) is 17.2 Å². The van der Waals surface area contributed by atoms with E-state index in [2.05, 4.69) is 0 Å². The Morgan fingerprint density at radius 1 is 1.12 bits per heavy atom. The first-order valence-electron chi connectivity index (χ1n) is 7.77. The zero-order chi connectivity index (χ0) is 18.8. The molecule has 2 N–H and O–H groups in total. The maximum atomic E-state index is 12.5. The second kappa shape index (κ2) is 7.91. The summed E-state index contributed by atoms with van der Waals surface area (Å²) >= 11 is 12.5. The number of halogens is 2. The first-order chi connectivity index (χ1) is 11.7. The van der Waals surface area contributed by atoms with E-state index in [1.165, 1.54) is 0 Å². The van der Waals surface area contributed by atoms with Crippen LogP contribution in [0.2, 0.25) is 10.0 Å². The molecular formula is C15H19BCl2O7. The minimum absolute atomic E-state index is 0.0113. The molecule has 0 fully saturated rings. The van der Waals surface area contributed by atoms with Gasteiger partial charge in [-0.1, -0.05) is 36.5 Å². The molecule has 0 unspecified atom stereocenters. The molecule has 0 saturated heterocycles. The van der Waals surface area contributed by atoms with Gasteiger partial charge >= 0.3 is 13.1 Å². The summed E-state index contributed by atoms with van der Waals surface area (Å²) in [7, 11) is -1.74. The highest BCUT2D eigenvalue weighted by molar-refractivity contribution is 6.45. The molecule has 0 spiro atoms. The Kier molecular flexibility index (Phi) is 6.32. The van der Waals surface area contributed by atoms with Gasteiger partial charge in [-0.15, -0.1) is 0 Å². The fourth-order valence-corrected chi connectivity index (χ4v) is 2.65. The summed E-state index contributed by atoms with van der Waals surface area (Å²) in [5.74, 6) is -2.01. The number of esters is 1. The molecule has 1 aromatic rings. The minimum Gasteiger partial charge on any atom is -0.491 e. The Hall–Kier alpha value is -1.35. The van der Waals surface area contributed by atoms with Crippen LogP contribution in [0.15, 0.2) is 0 Å². The standard InChI is InChI=1S/C15H19BCl2O7/c1-4-5-6-22-11-8-12(24-15(2,3)25-14(8)19)13(10(18)9(11)17)23-7-16(20)21/h20-21H,4-7H2,1-3H3. The molecule has 0 radical (unpaired) electrons. The average Bonchev–Trinajstić information content (AvgIpc) is 2.49. The number of carbonyl (C=O) groups excluding carboxylic acids is 1. The topological polar surface area (TPSA) is 94.5 Å². The van der Waals surface area contributed by atoms with Crippen LogP contribution in [0.5, 0.6) is 17.2 Å². The maximum absolute atomic E-state index is 12.5. The van der Waals surface area contributed by atoms with Crippen LogP contribution in [0.25, 0.3) is 0 Å². The molecule has 2 rings (SSSR count). The van der Waals surface area contributed by atoms with Crippen molar-refractivity contribution in [2.75, 3.05) is 13.1 Å². The number of hydrogen-bond donors (Lipinski definition) is 2. The molecule has 0 saturated carbocycles. The average molecular weight is 393 g/mol. The van der Waals surface area contributed by atoms with Crippen LogP contribution in [0, 0.1) is 0 Å². The van der Waals surface area contributed by atoms with Gasteiger partial charge in [0.2, 0.25) is 5.79 Å². The van der Waals surface area contributed by atoms with Crippen molar-refractivity contribution >= 4 is 36.3 Å². The molecule has 1 heterocycles. The highest BCUT2D eigenvalue weighted by Crippen LogP contribution is 2.52. The van der Waals surface area contributed by atoms with Crippen LogP contribution in [-0.4, -0.2) is 42.0 Å². The van der Waals surface area contributed by atoms with Crippen LogP contribution in [0.3, 0.4) is 0 Å². The van der Waals surface area contributed by atoms with Gasteiger partial charge in [-0.25, -0.2) is 4.79 Å². The lowest BCUT2D eigenvalue weighted by atomic mass is 9.95. The van der Waals surface area contributed by atoms with Crippen molar-refractivity contribution in [1.29, 1.82) is 0 Å². The molecular weight excluding hydrogens is 374 g/mol. The minimum atomic E-state index is -1.74. The zero-order valence-corrected chi connectivity index (χ0v) is 15.6. The molecule has 7 nitrogen and oxygen atoms in total. The lowest BCUT2D eigenvalue weighted by molar-refractivity contribution is -0.128. The van der Waals surface area contributed by atoms with Crippen LogP contribution in [-0.2, 0) is 4.74 Å². The lowest BCUT2D eigenvalue weighted by Crippen LogP contribution is -2.39. The van der Waals surface area contributed by atoms with Gasteiger partial charge < -0.3 is 29.0 Å². The summed E-state index contributed by atoms with van der Waals surface area (Å²) in [5, 5.41) is 18.0. The third kappa shape index (κ3) is 4.44. The second-order valence-corrected chi connectivity index (χ2v) is 6.63. The Morgan fingerprint density at radius 2 is 1.76 bits per heavy atom. The van der Waals surface area contributed by atoms with Crippen molar-refractivity contribution < 1.29 is 33.8 Å². The van der Waals surface area contributed by atoms with Gasteiger partial charge in [0.15, 0.2) is 17.2 Å². The molecule has 10 heteroatoms. The van der Waals surface area contributed by atoms with Crippen molar-refractivity contribution in [1.82, 2.24) is 0 Å². The van der Waals surface area contributed by atoms with E-state index >= 15 is 0 Å². The van der Waals surface area contributed by atoms with Gasteiger partial charge in [0.25, 0.3) is 0 Å². The van der Waals surface area contributed by atoms with Gasteiger partial charge in [0.05, 0.1) is 6.61 Å². The van der Waals surface area contributed by atoms with E-state index in [0.717, 1.165) is 12.8 Å².